The van der Waals surface area contributed by atoms with E-state index in [0.717, 1.165) is 23.7 Å². The lowest BCUT2D eigenvalue weighted by molar-refractivity contribution is 0.0962. The maximum atomic E-state index is 12.9. The van der Waals surface area contributed by atoms with Gasteiger partial charge in [0.15, 0.2) is 0 Å². The molecule has 1 aromatic heterocycles. The molecule has 1 aliphatic carbocycles. The third-order valence-corrected chi connectivity index (χ3v) is 5.35. The first-order chi connectivity index (χ1) is 13.1. The van der Waals surface area contributed by atoms with Crippen LogP contribution < -0.4 is 10.6 Å². The van der Waals surface area contributed by atoms with Crippen LogP contribution in [-0.2, 0) is 12.8 Å². The largest absolute Gasteiger partial charge is 0.358 e. The molecule has 0 spiro atoms. The number of hydrogen-bond donors (Lipinski definition) is 3. The van der Waals surface area contributed by atoms with E-state index in [0.29, 0.717) is 22.7 Å². The molecular weight excluding hydrogens is 338 g/mol. The van der Waals surface area contributed by atoms with E-state index < -0.39 is 0 Å². The highest BCUT2D eigenvalue weighted by atomic mass is 16.2. The van der Waals surface area contributed by atoms with E-state index in [9.17, 15) is 9.59 Å². The van der Waals surface area contributed by atoms with Crippen LogP contribution in [0.1, 0.15) is 45.3 Å². The molecule has 1 heterocycles. The van der Waals surface area contributed by atoms with E-state index in [1.54, 1.807) is 31.3 Å². The Hall–Kier alpha value is -3.08. The molecule has 0 saturated carbocycles. The average molecular weight is 361 g/mol. The van der Waals surface area contributed by atoms with Gasteiger partial charge in [-0.2, -0.15) is 0 Å². The highest BCUT2D eigenvalue weighted by molar-refractivity contribution is 6.12. The summed E-state index contributed by atoms with van der Waals surface area (Å²) < 4.78 is 0. The Balaban J connectivity index is 1.62. The highest BCUT2D eigenvalue weighted by Gasteiger charge is 2.22. The zero-order valence-corrected chi connectivity index (χ0v) is 15.6. The van der Waals surface area contributed by atoms with Gasteiger partial charge in [-0.25, -0.2) is 0 Å². The van der Waals surface area contributed by atoms with Crippen molar-refractivity contribution in [1.82, 2.24) is 10.3 Å². The molecule has 0 bridgehead atoms. The Morgan fingerprint density at radius 3 is 2.59 bits per heavy atom. The highest BCUT2D eigenvalue weighted by Crippen LogP contribution is 2.33. The van der Waals surface area contributed by atoms with Gasteiger partial charge in [0, 0.05) is 29.4 Å². The molecule has 1 atom stereocenters. The zero-order valence-electron chi connectivity index (χ0n) is 15.6. The van der Waals surface area contributed by atoms with Crippen molar-refractivity contribution < 1.29 is 9.59 Å². The Labute approximate surface area is 158 Å². The topological polar surface area (TPSA) is 74.0 Å². The maximum Gasteiger partial charge on any atom is 0.257 e. The lowest BCUT2D eigenvalue weighted by Crippen LogP contribution is -2.18. The van der Waals surface area contributed by atoms with Gasteiger partial charge < -0.3 is 15.6 Å². The molecule has 3 N–H and O–H groups in total. The van der Waals surface area contributed by atoms with Gasteiger partial charge in [0.1, 0.15) is 0 Å². The Morgan fingerprint density at radius 1 is 1.07 bits per heavy atom. The first-order valence-electron chi connectivity index (χ1n) is 9.32. The van der Waals surface area contributed by atoms with Crippen molar-refractivity contribution in [3.8, 4) is 0 Å². The molecule has 27 heavy (non-hydrogen) atoms. The SMILES string of the molecule is CNC(=O)c1ccc(NC(=O)c2cccc3c4c([nH]c23)CC[C@H](C)C4)cc1. The molecule has 5 heteroatoms. The van der Waals surface area contributed by atoms with Crippen LogP contribution in [0.4, 0.5) is 5.69 Å². The van der Waals surface area contributed by atoms with E-state index in [1.807, 2.05) is 12.1 Å². The summed E-state index contributed by atoms with van der Waals surface area (Å²) in [4.78, 5) is 28.0. The number of H-pyrrole nitrogens is 1. The third-order valence-electron chi connectivity index (χ3n) is 5.35. The molecule has 5 nitrogen and oxygen atoms in total. The molecule has 1 aliphatic rings. The van der Waals surface area contributed by atoms with Crippen LogP contribution in [0, 0.1) is 5.92 Å². The van der Waals surface area contributed by atoms with Gasteiger partial charge in [-0.1, -0.05) is 19.1 Å². The lowest BCUT2D eigenvalue weighted by atomic mass is 9.87. The van der Waals surface area contributed by atoms with E-state index in [1.165, 1.54) is 17.7 Å². The Bertz CT molecular complexity index is 1020. The van der Waals surface area contributed by atoms with Crippen LogP contribution in [0.15, 0.2) is 42.5 Å². The number of aromatic nitrogens is 1. The van der Waals surface area contributed by atoms with Crippen molar-refractivity contribution in [3.63, 3.8) is 0 Å². The molecule has 0 fully saturated rings. The number of rotatable bonds is 3. The summed E-state index contributed by atoms with van der Waals surface area (Å²) in [6, 6.07) is 12.8. The predicted molar refractivity (Wildman–Crippen MR) is 107 cm³/mol. The first kappa shape index (κ1) is 17.3. The molecule has 138 valence electrons. The fourth-order valence-electron chi connectivity index (χ4n) is 3.85. The molecule has 4 rings (SSSR count). The second-order valence-electron chi connectivity index (χ2n) is 7.27. The average Bonchev–Trinajstić information content (AvgIpc) is 3.05. The Morgan fingerprint density at radius 2 is 1.85 bits per heavy atom. The zero-order chi connectivity index (χ0) is 19.0. The van der Waals surface area contributed by atoms with Gasteiger partial charge in [-0.3, -0.25) is 9.59 Å². The van der Waals surface area contributed by atoms with Crippen molar-refractivity contribution in [2.45, 2.75) is 26.2 Å². The lowest BCUT2D eigenvalue weighted by Gasteiger charge is -2.17. The summed E-state index contributed by atoms with van der Waals surface area (Å²) in [6.07, 6.45) is 3.27. The minimum atomic E-state index is -0.153. The minimum Gasteiger partial charge on any atom is -0.358 e. The standard InChI is InChI=1S/C22H23N3O2/c1-13-6-11-19-18(12-13)16-4-3-5-17(20(16)25-19)22(27)24-15-9-7-14(8-10-15)21(26)23-2/h3-5,7-10,13,25H,6,11-12H2,1-2H3,(H,23,26)(H,24,27)/t13-/m0/s1. The summed E-state index contributed by atoms with van der Waals surface area (Å²) in [5, 5.41) is 6.67. The van der Waals surface area contributed by atoms with Crippen LogP contribution in [-0.4, -0.2) is 23.8 Å². The summed E-state index contributed by atoms with van der Waals surface area (Å²) >= 11 is 0. The van der Waals surface area contributed by atoms with Crippen molar-refractivity contribution in [2.75, 3.05) is 12.4 Å². The summed E-state index contributed by atoms with van der Waals surface area (Å²) in [6.45, 7) is 2.28. The predicted octanol–water partition coefficient (Wildman–Crippen LogP) is 3.90. The van der Waals surface area contributed by atoms with Crippen LogP contribution in [0.5, 0.6) is 0 Å². The van der Waals surface area contributed by atoms with Gasteiger partial charge in [-0.15, -0.1) is 0 Å². The number of aromatic amines is 1. The van der Waals surface area contributed by atoms with Gasteiger partial charge in [0.2, 0.25) is 0 Å². The number of fused-ring (bicyclic) bond motifs is 3. The molecule has 0 unspecified atom stereocenters. The number of hydrogen-bond acceptors (Lipinski definition) is 2. The molecule has 0 saturated heterocycles. The van der Waals surface area contributed by atoms with Crippen LogP contribution in [0.25, 0.3) is 10.9 Å². The van der Waals surface area contributed by atoms with E-state index in [4.69, 9.17) is 0 Å². The minimum absolute atomic E-state index is 0.149. The Kier molecular flexibility index (Phi) is 4.44. The molecular formula is C22H23N3O2. The van der Waals surface area contributed by atoms with E-state index >= 15 is 0 Å². The quantitative estimate of drug-likeness (QED) is 0.662. The number of carbonyl (C=O) groups excluding carboxylic acids is 2. The van der Waals surface area contributed by atoms with Crippen molar-refractivity contribution in [3.05, 3.63) is 64.8 Å². The number of benzene rings is 2. The monoisotopic (exact) mass is 361 g/mol. The fraction of sp³-hybridized carbons (Fsp3) is 0.273. The van der Waals surface area contributed by atoms with Crippen molar-refractivity contribution in [2.24, 2.45) is 5.92 Å². The summed E-state index contributed by atoms with van der Waals surface area (Å²) in [5.74, 6) is 0.372. The fourth-order valence-corrected chi connectivity index (χ4v) is 3.85. The van der Waals surface area contributed by atoms with Crippen LogP contribution >= 0.6 is 0 Å². The maximum absolute atomic E-state index is 12.9. The summed E-state index contributed by atoms with van der Waals surface area (Å²) in [7, 11) is 1.59. The third kappa shape index (κ3) is 3.21. The van der Waals surface area contributed by atoms with E-state index in [2.05, 4.69) is 28.6 Å². The second kappa shape index (κ2) is 6.91. The van der Waals surface area contributed by atoms with Gasteiger partial charge in [0.05, 0.1) is 11.1 Å². The van der Waals surface area contributed by atoms with Gasteiger partial charge in [0.25, 0.3) is 11.8 Å². The van der Waals surface area contributed by atoms with Crippen LogP contribution in [0.3, 0.4) is 0 Å². The molecule has 0 aliphatic heterocycles. The molecule has 3 aromatic rings. The number of nitrogens with one attached hydrogen (secondary N) is 3. The van der Waals surface area contributed by atoms with Crippen molar-refractivity contribution in [1.29, 1.82) is 0 Å². The molecule has 2 aromatic carbocycles. The van der Waals surface area contributed by atoms with Crippen LogP contribution in [0.2, 0.25) is 0 Å². The number of anilines is 1. The number of aryl methyl sites for hydroxylation is 1. The number of carbonyl (C=O) groups is 2. The van der Waals surface area contributed by atoms with Gasteiger partial charge >= 0.3 is 0 Å². The van der Waals surface area contributed by atoms with Gasteiger partial charge in [-0.05, 0) is 61.1 Å². The van der Waals surface area contributed by atoms with E-state index in [-0.39, 0.29) is 11.8 Å². The normalized spacial score (nSPS) is 16.0. The summed E-state index contributed by atoms with van der Waals surface area (Å²) in [5.41, 5.74) is 5.39. The first-order valence-corrected chi connectivity index (χ1v) is 9.32. The number of para-hydroxylation sites is 1. The second-order valence-corrected chi connectivity index (χ2v) is 7.27. The molecule has 0 radical (unpaired) electrons. The number of amides is 2. The molecule has 2 amide bonds. The van der Waals surface area contributed by atoms with Crippen molar-refractivity contribution >= 4 is 28.4 Å². The smallest absolute Gasteiger partial charge is 0.257 e.